The molecule has 5 heteroatoms. The lowest BCUT2D eigenvalue weighted by atomic mass is 9.90. The lowest BCUT2D eigenvalue weighted by Gasteiger charge is -2.24. The summed E-state index contributed by atoms with van der Waals surface area (Å²) >= 11 is 0. The lowest BCUT2D eigenvalue weighted by molar-refractivity contribution is -0.148. The van der Waals surface area contributed by atoms with Crippen LogP contribution in [0.25, 0.3) is 0 Å². The minimum atomic E-state index is -0.520. The van der Waals surface area contributed by atoms with Gasteiger partial charge in [0.05, 0.1) is 12.5 Å². The van der Waals surface area contributed by atoms with Crippen LogP contribution in [0.15, 0.2) is 0 Å². The van der Waals surface area contributed by atoms with Crippen LogP contribution in [-0.2, 0) is 14.3 Å². The summed E-state index contributed by atoms with van der Waals surface area (Å²) in [5.74, 6) is -0.217. The van der Waals surface area contributed by atoms with Crippen molar-refractivity contribution in [2.75, 3.05) is 19.7 Å². The van der Waals surface area contributed by atoms with Crippen LogP contribution in [0.3, 0.4) is 0 Å². The third-order valence-corrected chi connectivity index (χ3v) is 4.61. The number of esters is 1. The molecule has 1 aliphatic rings. The molecule has 1 fully saturated rings. The fourth-order valence-corrected chi connectivity index (χ4v) is 3.34. The van der Waals surface area contributed by atoms with E-state index in [9.17, 15) is 9.59 Å². The van der Waals surface area contributed by atoms with E-state index in [1.807, 2.05) is 27.7 Å². The zero-order valence-corrected chi connectivity index (χ0v) is 16.8. The molecule has 0 bridgehead atoms. The Morgan fingerprint density at radius 2 is 1.64 bits per heavy atom. The molecule has 0 unspecified atom stereocenters. The number of hydrogen-bond donors (Lipinski definition) is 0. The van der Waals surface area contributed by atoms with Crippen LogP contribution in [0.2, 0.25) is 0 Å². The minimum Gasteiger partial charge on any atom is -0.466 e. The van der Waals surface area contributed by atoms with Crippen molar-refractivity contribution in [1.82, 2.24) is 4.90 Å². The fraction of sp³-hybridized carbons (Fsp3) is 0.900. The molecule has 1 aliphatic heterocycles. The second-order valence-corrected chi connectivity index (χ2v) is 8.06. The molecule has 1 amide bonds. The summed E-state index contributed by atoms with van der Waals surface area (Å²) in [7, 11) is 0. The highest BCUT2D eigenvalue weighted by Crippen LogP contribution is 2.30. The van der Waals surface area contributed by atoms with Gasteiger partial charge in [0, 0.05) is 13.1 Å². The van der Waals surface area contributed by atoms with Crippen molar-refractivity contribution in [3.8, 4) is 0 Å². The van der Waals surface area contributed by atoms with Crippen LogP contribution in [0.4, 0.5) is 4.79 Å². The molecule has 0 aromatic heterocycles. The number of carbonyl (C=O) groups excluding carboxylic acids is 2. The maximum Gasteiger partial charge on any atom is 0.410 e. The number of likely N-dealkylation sites (tertiary alicyclic amines) is 1. The van der Waals surface area contributed by atoms with Crippen molar-refractivity contribution in [3.63, 3.8) is 0 Å². The standard InChI is InChI=1S/C20H37NO4/c1-6-8-9-10-11-12-13-16-14-21(19(23)25-20(3,4)5)15-17(16)18(22)24-7-2/h16-17H,6-15H2,1-5H3/t16-,17-/m1/s1. The first-order valence-electron chi connectivity index (χ1n) is 9.93. The van der Waals surface area contributed by atoms with Crippen LogP contribution in [0.5, 0.6) is 0 Å². The number of rotatable bonds is 9. The molecular formula is C20H37NO4. The summed E-state index contributed by atoms with van der Waals surface area (Å²) in [4.78, 5) is 26.3. The van der Waals surface area contributed by atoms with E-state index in [1.54, 1.807) is 4.90 Å². The van der Waals surface area contributed by atoms with E-state index in [2.05, 4.69) is 6.92 Å². The van der Waals surface area contributed by atoms with Gasteiger partial charge in [0.25, 0.3) is 0 Å². The highest BCUT2D eigenvalue weighted by Gasteiger charge is 2.41. The van der Waals surface area contributed by atoms with Gasteiger partial charge >= 0.3 is 12.1 Å². The van der Waals surface area contributed by atoms with E-state index in [4.69, 9.17) is 9.47 Å². The first-order chi connectivity index (χ1) is 11.8. The van der Waals surface area contributed by atoms with Crippen LogP contribution in [0, 0.1) is 11.8 Å². The van der Waals surface area contributed by atoms with E-state index < -0.39 is 5.60 Å². The molecular weight excluding hydrogens is 318 g/mol. The third kappa shape index (κ3) is 8.10. The van der Waals surface area contributed by atoms with Gasteiger partial charge in [-0.1, -0.05) is 45.4 Å². The van der Waals surface area contributed by atoms with Crippen molar-refractivity contribution in [3.05, 3.63) is 0 Å². The molecule has 1 heterocycles. The van der Waals surface area contributed by atoms with Crippen LogP contribution in [0.1, 0.15) is 79.6 Å². The van der Waals surface area contributed by atoms with Crippen molar-refractivity contribution < 1.29 is 19.1 Å². The Morgan fingerprint density at radius 1 is 1.00 bits per heavy atom. The quantitative estimate of drug-likeness (QED) is 0.441. The van der Waals surface area contributed by atoms with Gasteiger partial charge in [-0.15, -0.1) is 0 Å². The molecule has 0 radical (unpaired) electrons. The number of amides is 1. The van der Waals surface area contributed by atoms with Gasteiger partial charge in [-0.25, -0.2) is 4.79 Å². The molecule has 1 saturated heterocycles. The monoisotopic (exact) mass is 355 g/mol. The summed E-state index contributed by atoms with van der Waals surface area (Å²) < 4.78 is 10.7. The largest absolute Gasteiger partial charge is 0.466 e. The number of nitrogens with zero attached hydrogens (tertiary/aromatic N) is 1. The smallest absolute Gasteiger partial charge is 0.410 e. The first kappa shape index (κ1) is 21.8. The second kappa shape index (κ2) is 10.7. The number of ether oxygens (including phenoxy) is 2. The Hall–Kier alpha value is -1.26. The molecule has 25 heavy (non-hydrogen) atoms. The van der Waals surface area contributed by atoms with E-state index in [-0.39, 0.29) is 23.9 Å². The van der Waals surface area contributed by atoms with Gasteiger partial charge in [-0.05, 0) is 40.0 Å². The highest BCUT2D eigenvalue weighted by atomic mass is 16.6. The molecule has 0 aromatic carbocycles. The van der Waals surface area contributed by atoms with Gasteiger partial charge in [0.15, 0.2) is 0 Å². The number of unbranched alkanes of at least 4 members (excludes halogenated alkanes) is 5. The number of carbonyl (C=O) groups is 2. The Kier molecular flexibility index (Phi) is 9.30. The van der Waals surface area contributed by atoms with E-state index in [0.717, 1.165) is 12.8 Å². The average Bonchev–Trinajstić information content (AvgIpc) is 2.94. The predicted octanol–water partition coefficient (Wildman–Crippen LogP) is 4.78. The SMILES string of the molecule is CCCCCCCC[C@@H]1CN(C(=O)OC(C)(C)C)C[C@H]1C(=O)OCC. The summed E-state index contributed by atoms with van der Waals surface area (Å²) in [6.45, 7) is 11.0. The van der Waals surface area contributed by atoms with Gasteiger partial charge < -0.3 is 14.4 Å². The Bertz CT molecular complexity index is 416. The molecule has 0 spiro atoms. The van der Waals surface area contributed by atoms with E-state index in [0.29, 0.717) is 19.7 Å². The molecule has 0 N–H and O–H groups in total. The molecule has 146 valence electrons. The molecule has 2 atom stereocenters. The summed E-state index contributed by atoms with van der Waals surface area (Å²) in [5.41, 5.74) is -0.520. The van der Waals surface area contributed by atoms with Gasteiger partial charge in [0.1, 0.15) is 5.60 Å². The summed E-state index contributed by atoms with van der Waals surface area (Å²) in [6.07, 6.45) is 8.01. The van der Waals surface area contributed by atoms with E-state index >= 15 is 0 Å². The maximum atomic E-state index is 12.3. The summed E-state index contributed by atoms with van der Waals surface area (Å²) in [5, 5.41) is 0. The first-order valence-corrected chi connectivity index (χ1v) is 9.93. The molecule has 0 aromatic rings. The average molecular weight is 356 g/mol. The zero-order valence-electron chi connectivity index (χ0n) is 16.8. The van der Waals surface area contributed by atoms with E-state index in [1.165, 1.54) is 32.1 Å². The molecule has 0 saturated carbocycles. The molecule has 5 nitrogen and oxygen atoms in total. The second-order valence-electron chi connectivity index (χ2n) is 8.06. The predicted molar refractivity (Wildman–Crippen MR) is 99.4 cm³/mol. The Morgan fingerprint density at radius 3 is 2.24 bits per heavy atom. The Labute approximate surface area is 153 Å². The summed E-state index contributed by atoms with van der Waals surface area (Å²) in [6, 6.07) is 0. The highest BCUT2D eigenvalue weighted by molar-refractivity contribution is 5.76. The third-order valence-electron chi connectivity index (χ3n) is 4.61. The topological polar surface area (TPSA) is 55.8 Å². The number of hydrogen-bond acceptors (Lipinski definition) is 4. The van der Waals surface area contributed by atoms with Gasteiger partial charge in [-0.2, -0.15) is 0 Å². The normalized spacial score (nSPS) is 20.6. The fourth-order valence-electron chi connectivity index (χ4n) is 3.34. The van der Waals surface area contributed by atoms with Gasteiger partial charge in [0.2, 0.25) is 0 Å². The van der Waals surface area contributed by atoms with Crippen LogP contribution in [-0.4, -0.2) is 42.3 Å². The molecule has 0 aliphatic carbocycles. The van der Waals surface area contributed by atoms with Crippen molar-refractivity contribution in [2.45, 2.75) is 85.2 Å². The maximum absolute atomic E-state index is 12.3. The molecule has 1 rings (SSSR count). The van der Waals surface area contributed by atoms with Crippen molar-refractivity contribution in [1.29, 1.82) is 0 Å². The van der Waals surface area contributed by atoms with Crippen LogP contribution < -0.4 is 0 Å². The Balaban J connectivity index is 2.56. The minimum absolute atomic E-state index is 0.176. The van der Waals surface area contributed by atoms with Gasteiger partial charge in [-0.3, -0.25) is 4.79 Å². The van der Waals surface area contributed by atoms with Crippen molar-refractivity contribution >= 4 is 12.1 Å². The van der Waals surface area contributed by atoms with Crippen molar-refractivity contribution in [2.24, 2.45) is 11.8 Å². The lowest BCUT2D eigenvalue weighted by Crippen LogP contribution is -2.36. The van der Waals surface area contributed by atoms with Crippen LogP contribution >= 0.6 is 0 Å². The zero-order chi connectivity index (χ0) is 18.9.